The van der Waals surface area contributed by atoms with Crippen molar-refractivity contribution >= 4 is 11.6 Å². The number of nitriles is 1. The van der Waals surface area contributed by atoms with E-state index < -0.39 is 5.91 Å². The minimum atomic E-state index is -0.818. The third-order valence-electron chi connectivity index (χ3n) is 2.54. The van der Waals surface area contributed by atoms with Crippen LogP contribution in [-0.4, -0.2) is 21.6 Å². The van der Waals surface area contributed by atoms with Crippen molar-refractivity contribution in [3.8, 4) is 17.5 Å². The summed E-state index contributed by atoms with van der Waals surface area (Å²) in [5, 5.41) is 8.67. The largest absolute Gasteiger partial charge is 0.364 e. The van der Waals surface area contributed by atoms with Crippen LogP contribution in [0.25, 0.3) is 11.4 Å². The molecular weight excluding hydrogens is 254 g/mol. The Balaban J connectivity index is 2.14. The smallest absolute Gasteiger partial charge is 0.277 e. The van der Waals surface area contributed by atoms with E-state index in [-0.39, 0.29) is 12.3 Å². The van der Waals surface area contributed by atoms with Gasteiger partial charge in [-0.15, -0.1) is 0 Å². The lowest BCUT2D eigenvalue weighted by Crippen LogP contribution is -2.21. The van der Waals surface area contributed by atoms with Crippen molar-refractivity contribution in [2.75, 3.05) is 0 Å². The molecule has 0 aliphatic rings. The minimum Gasteiger partial charge on any atom is -0.364 e. The standard InChI is InChI=1S/C14H11N5O/c15-8-12(13(16)20)19-9-10-2-4-11(5-3-10)14-17-6-1-7-18-14/h1-7H,9H2,(H2,16,20). The van der Waals surface area contributed by atoms with E-state index in [9.17, 15) is 4.79 Å². The van der Waals surface area contributed by atoms with Crippen LogP contribution in [0.2, 0.25) is 0 Å². The highest BCUT2D eigenvalue weighted by atomic mass is 16.1. The van der Waals surface area contributed by atoms with Crippen LogP contribution < -0.4 is 5.73 Å². The van der Waals surface area contributed by atoms with Crippen LogP contribution in [0.4, 0.5) is 0 Å². The second-order valence-electron chi connectivity index (χ2n) is 3.91. The maximum absolute atomic E-state index is 10.8. The topological polar surface area (TPSA) is 105 Å². The SMILES string of the molecule is N#CC(=NCc1ccc(-c2ncccn2)cc1)C(N)=O. The van der Waals surface area contributed by atoms with Crippen LogP contribution in [0.15, 0.2) is 47.7 Å². The van der Waals surface area contributed by atoms with E-state index >= 15 is 0 Å². The van der Waals surface area contributed by atoms with Crippen molar-refractivity contribution in [2.45, 2.75) is 6.54 Å². The van der Waals surface area contributed by atoms with Crippen molar-refractivity contribution in [1.82, 2.24) is 9.97 Å². The van der Waals surface area contributed by atoms with Gasteiger partial charge in [-0.05, 0) is 11.6 Å². The number of aromatic nitrogens is 2. The van der Waals surface area contributed by atoms with E-state index in [4.69, 9.17) is 11.0 Å². The third kappa shape index (κ3) is 3.23. The molecule has 1 aromatic carbocycles. The first kappa shape index (κ1) is 13.4. The van der Waals surface area contributed by atoms with Crippen LogP contribution in [0.3, 0.4) is 0 Å². The Hall–Kier alpha value is -3.07. The molecule has 0 aliphatic heterocycles. The van der Waals surface area contributed by atoms with E-state index in [1.807, 2.05) is 24.3 Å². The molecule has 2 rings (SSSR count). The van der Waals surface area contributed by atoms with Crippen LogP contribution in [0.1, 0.15) is 5.56 Å². The number of hydrogen-bond acceptors (Lipinski definition) is 5. The number of nitrogens with zero attached hydrogens (tertiary/aromatic N) is 4. The third-order valence-corrected chi connectivity index (χ3v) is 2.54. The number of carbonyl (C=O) groups is 1. The van der Waals surface area contributed by atoms with E-state index in [2.05, 4.69) is 15.0 Å². The zero-order valence-electron chi connectivity index (χ0n) is 10.5. The van der Waals surface area contributed by atoms with Gasteiger partial charge in [-0.1, -0.05) is 24.3 Å². The van der Waals surface area contributed by atoms with Crippen molar-refractivity contribution in [3.05, 3.63) is 48.3 Å². The first-order valence-corrected chi connectivity index (χ1v) is 5.81. The Labute approximate surface area is 115 Å². The van der Waals surface area contributed by atoms with Crippen LogP contribution in [0.5, 0.6) is 0 Å². The predicted octanol–water partition coefficient (Wildman–Crippen LogP) is 1.09. The Kier molecular flexibility index (Phi) is 4.14. The summed E-state index contributed by atoms with van der Waals surface area (Å²) >= 11 is 0. The first-order valence-electron chi connectivity index (χ1n) is 5.81. The summed E-state index contributed by atoms with van der Waals surface area (Å²) in [6.45, 7) is 0.224. The summed E-state index contributed by atoms with van der Waals surface area (Å²) in [6.07, 6.45) is 3.35. The van der Waals surface area contributed by atoms with E-state index in [1.165, 1.54) is 0 Å². The highest BCUT2D eigenvalue weighted by Crippen LogP contribution is 2.15. The summed E-state index contributed by atoms with van der Waals surface area (Å²) in [7, 11) is 0. The predicted molar refractivity (Wildman–Crippen MR) is 73.4 cm³/mol. The van der Waals surface area contributed by atoms with E-state index in [1.54, 1.807) is 24.5 Å². The molecule has 0 bridgehead atoms. The number of nitrogens with two attached hydrogens (primary N) is 1. The number of hydrogen-bond donors (Lipinski definition) is 1. The normalized spacial score (nSPS) is 10.8. The molecule has 0 aliphatic carbocycles. The fourth-order valence-electron chi connectivity index (χ4n) is 1.55. The van der Waals surface area contributed by atoms with Gasteiger partial charge < -0.3 is 5.73 Å². The molecule has 0 radical (unpaired) electrons. The van der Waals surface area contributed by atoms with Crippen molar-refractivity contribution < 1.29 is 4.79 Å². The van der Waals surface area contributed by atoms with Gasteiger partial charge in [0.1, 0.15) is 6.07 Å². The molecule has 1 amide bonds. The lowest BCUT2D eigenvalue weighted by Gasteiger charge is -2.01. The van der Waals surface area contributed by atoms with Crippen molar-refractivity contribution in [3.63, 3.8) is 0 Å². The molecule has 0 saturated carbocycles. The molecule has 0 saturated heterocycles. The number of primary amides is 1. The Bertz CT molecular complexity index is 671. The molecule has 6 nitrogen and oxygen atoms in total. The molecule has 0 atom stereocenters. The summed E-state index contributed by atoms with van der Waals surface area (Å²) in [5.74, 6) is -0.181. The number of rotatable bonds is 4. The molecule has 2 N–H and O–H groups in total. The van der Waals surface area contributed by atoms with Crippen LogP contribution in [-0.2, 0) is 11.3 Å². The van der Waals surface area contributed by atoms with Gasteiger partial charge in [0.05, 0.1) is 6.54 Å². The highest BCUT2D eigenvalue weighted by Gasteiger charge is 2.05. The van der Waals surface area contributed by atoms with Gasteiger partial charge in [-0.2, -0.15) is 5.26 Å². The molecule has 20 heavy (non-hydrogen) atoms. The molecule has 6 heteroatoms. The van der Waals surface area contributed by atoms with Crippen molar-refractivity contribution in [1.29, 1.82) is 5.26 Å². The minimum absolute atomic E-state index is 0.224. The quantitative estimate of drug-likeness (QED) is 0.835. The molecular formula is C14H11N5O. The van der Waals surface area contributed by atoms with E-state index in [0.29, 0.717) is 5.82 Å². The van der Waals surface area contributed by atoms with Gasteiger partial charge in [-0.25, -0.2) is 9.97 Å². The van der Waals surface area contributed by atoms with Gasteiger partial charge in [0.15, 0.2) is 5.82 Å². The van der Waals surface area contributed by atoms with Gasteiger partial charge in [0.25, 0.3) is 5.91 Å². The van der Waals surface area contributed by atoms with E-state index in [0.717, 1.165) is 11.1 Å². The highest BCUT2D eigenvalue weighted by molar-refractivity contribution is 6.44. The van der Waals surface area contributed by atoms with Crippen LogP contribution in [0, 0.1) is 11.3 Å². The van der Waals surface area contributed by atoms with Gasteiger partial charge in [-0.3, -0.25) is 9.79 Å². The Morgan fingerprint density at radius 3 is 2.45 bits per heavy atom. The Morgan fingerprint density at radius 2 is 1.90 bits per heavy atom. The number of carbonyl (C=O) groups excluding carboxylic acids is 1. The molecule has 1 aromatic heterocycles. The second-order valence-corrected chi connectivity index (χ2v) is 3.91. The Morgan fingerprint density at radius 1 is 1.25 bits per heavy atom. The first-order chi connectivity index (χ1) is 9.70. The van der Waals surface area contributed by atoms with Crippen LogP contribution >= 0.6 is 0 Å². The molecule has 2 aromatic rings. The fraction of sp³-hybridized carbons (Fsp3) is 0.0714. The molecule has 0 unspecified atom stereocenters. The maximum Gasteiger partial charge on any atom is 0.277 e. The zero-order valence-corrected chi connectivity index (χ0v) is 10.5. The average Bonchev–Trinajstić information content (AvgIpc) is 2.49. The zero-order chi connectivity index (χ0) is 14.4. The molecule has 1 heterocycles. The summed E-state index contributed by atoms with van der Waals surface area (Å²) < 4.78 is 0. The van der Waals surface area contributed by atoms with Gasteiger partial charge in [0.2, 0.25) is 5.71 Å². The van der Waals surface area contributed by atoms with Crippen molar-refractivity contribution in [2.24, 2.45) is 10.7 Å². The molecule has 0 fully saturated rings. The number of aliphatic imine (C=N–C) groups is 1. The maximum atomic E-state index is 10.8. The molecule has 0 spiro atoms. The summed E-state index contributed by atoms with van der Waals surface area (Å²) in [4.78, 5) is 23.0. The lowest BCUT2D eigenvalue weighted by molar-refractivity contribution is -0.111. The van der Waals surface area contributed by atoms with Gasteiger partial charge >= 0.3 is 0 Å². The van der Waals surface area contributed by atoms with Gasteiger partial charge in [0, 0.05) is 18.0 Å². The second kappa shape index (κ2) is 6.20. The average molecular weight is 265 g/mol. The molecule has 98 valence electrons. The number of benzene rings is 1. The lowest BCUT2D eigenvalue weighted by atomic mass is 10.1. The monoisotopic (exact) mass is 265 g/mol. The summed E-state index contributed by atoms with van der Waals surface area (Å²) in [6, 6.07) is 10.8. The fourth-order valence-corrected chi connectivity index (χ4v) is 1.55. The number of amides is 1. The summed E-state index contributed by atoms with van der Waals surface area (Å²) in [5.41, 5.74) is 6.47.